The van der Waals surface area contributed by atoms with Gasteiger partial charge in [0.2, 0.25) is 0 Å². The molecule has 2 aromatic rings. The summed E-state index contributed by atoms with van der Waals surface area (Å²) in [5.74, 6) is 0.377. The number of nitrogens with one attached hydrogen (secondary N) is 1. The second kappa shape index (κ2) is 12.4. The minimum Gasteiger partial charge on any atom is -0.494 e. The van der Waals surface area contributed by atoms with Crippen LogP contribution in [0, 0.1) is 24.7 Å². The Labute approximate surface area is 219 Å². The molecule has 1 saturated carbocycles. The molecule has 3 atom stereocenters. The SMILES string of the molecule is CCOc1ccc(NS(=O)(=O)c2ccc(C)c(C(=O)OCC(=O)OC3CC(C)CCC3C(C)C)c2)cc1. The number of sulfonamides is 1. The number of ether oxygens (including phenoxy) is 3. The minimum absolute atomic E-state index is 0.0636. The van der Waals surface area contributed by atoms with Gasteiger partial charge < -0.3 is 14.2 Å². The number of anilines is 1. The van der Waals surface area contributed by atoms with E-state index in [-0.39, 0.29) is 22.5 Å². The van der Waals surface area contributed by atoms with E-state index in [0.717, 1.165) is 19.3 Å². The summed E-state index contributed by atoms with van der Waals surface area (Å²) in [5, 5.41) is 0. The molecule has 2 aromatic carbocycles. The van der Waals surface area contributed by atoms with Crippen LogP contribution in [0.15, 0.2) is 47.4 Å². The first-order valence-corrected chi connectivity index (χ1v) is 14.2. The number of hydrogen-bond acceptors (Lipinski definition) is 7. The van der Waals surface area contributed by atoms with Gasteiger partial charge >= 0.3 is 11.9 Å². The Kier molecular flexibility index (Phi) is 9.59. The van der Waals surface area contributed by atoms with Gasteiger partial charge in [-0.2, -0.15) is 0 Å². The third kappa shape index (κ3) is 7.71. The highest BCUT2D eigenvalue weighted by atomic mass is 32.2. The molecule has 0 aliphatic heterocycles. The van der Waals surface area contributed by atoms with E-state index >= 15 is 0 Å². The van der Waals surface area contributed by atoms with Crippen molar-refractivity contribution < 1.29 is 32.2 Å². The molecule has 202 valence electrons. The highest BCUT2D eigenvalue weighted by Crippen LogP contribution is 2.35. The largest absolute Gasteiger partial charge is 0.494 e. The molecule has 1 aliphatic carbocycles. The van der Waals surface area contributed by atoms with E-state index in [1.165, 1.54) is 18.2 Å². The number of rotatable bonds is 10. The maximum atomic E-state index is 12.9. The number of esters is 2. The Morgan fingerprint density at radius 2 is 1.78 bits per heavy atom. The molecule has 3 unspecified atom stereocenters. The van der Waals surface area contributed by atoms with E-state index in [2.05, 4.69) is 25.5 Å². The predicted octanol–water partition coefficient (Wildman–Crippen LogP) is 5.36. The smallest absolute Gasteiger partial charge is 0.344 e. The maximum Gasteiger partial charge on any atom is 0.344 e. The molecular formula is C28H37NO7S. The monoisotopic (exact) mass is 531 g/mol. The van der Waals surface area contributed by atoms with Crippen LogP contribution in [-0.4, -0.2) is 39.7 Å². The van der Waals surface area contributed by atoms with Gasteiger partial charge in [0.1, 0.15) is 11.9 Å². The molecule has 1 N–H and O–H groups in total. The second-order valence-corrected chi connectivity index (χ2v) is 11.7. The topological polar surface area (TPSA) is 108 Å². The molecule has 37 heavy (non-hydrogen) atoms. The van der Waals surface area contributed by atoms with Gasteiger partial charge in [-0.3, -0.25) is 4.72 Å². The zero-order valence-electron chi connectivity index (χ0n) is 22.2. The van der Waals surface area contributed by atoms with E-state index in [1.807, 2.05) is 6.92 Å². The van der Waals surface area contributed by atoms with Crippen molar-refractivity contribution in [3.05, 3.63) is 53.6 Å². The Morgan fingerprint density at radius 3 is 2.43 bits per heavy atom. The number of aryl methyl sites for hydroxylation is 1. The van der Waals surface area contributed by atoms with E-state index < -0.39 is 28.6 Å². The van der Waals surface area contributed by atoms with E-state index in [0.29, 0.717) is 35.4 Å². The van der Waals surface area contributed by atoms with E-state index in [1.54, 1.807) is 31.2 Å². The fourth-order valence-electron chi connectivity index (χ4n) is 4.64. The molecule has 0 spiro atoms. The number of carbonyl (C=O) groups is 2. The highest BCUT2D eigenvalue weighted by molar-refractivity contribution is 7.92. The molecule has 1 fully saturated rings. The van der Waals surface area contributed by atoms with Crippen molar-refractivity contribution in [1.29, 1.82) is 0 Å². The summed E-state index contributed by atoms with van der Waals surface area (Å²) in [7, 11) is -3.97. The van der Waals surface area contributed by atoms with Crippen molar-refractivity contribution >= 4 is 27.6 Å². The summed E-state index contributed by atoms with van der Waals surface area (Å²) in [6.45, 7) is 9.89. The van der Waals surface area contributed by atoms with Crippen LogP contribution < -0.4 is 9.46 Å². The van der Waals surface area contributed by atoms with Gasteiger partial charge in [-0.25, -0.2) is 18.0 Å². The molecule has 8 nitrogen and oxygen atoms in total. The lowest BCUT2D eigenvalue weighted by Gasteiger charge is -2.36. The molecule has 1 aliphatic rings. The molecule has 0 aromatic heterocycles. The number of hydrogen-bond donors (Lipinski definition) is 1. The quantitative estimate of drug-likeness (QED) is 0.412. The summed E-state index contributed by atoms with van der Waals surface area (Å²) in [5.41, 5.74) is 0.945. The summed E-state index contributed by atoms with van der Waals surface area (Å²) in [4.78, 5) is 25.2. The van der Waals surface area contributed by atoms with Crippen LogP contribution in [0.5, 0.6) is 5.75 Å². The van der Waals surface area contributed by atoms with Crippen molar-refractivity contribution in [2.75, 3.05) is 17.9 Å². The van der Waals surface area contributed by atoms with E-state index in [4.69, 9.17) is 14.2 Å². The van der Waals surface area contributed by atoms with Gasteiger partial charge in [0.25, 0.3) is 10.0 Å². The van der Waals surface area contributed by atoms with Crippen LogP contribution in [0.2, 0.25) is 0 Å². The zero-order chi connectivity index (χ0) is 27.2. The first-order valence-electron chi connectivity index (χ1n) is 12.7. The Balaban J connectivity index is 1.64. The Hall–Kier alpha value is -3.07. The maximum absolute atomic E-state index is 12.9. The molecule has 0 radical (unpaired) electrons. The van der Waals surface area contributed by atoms with Crippen molar-refractivity contribution in [3.63, 3.8) is 0 Å². The fourth-order valence-corrected chi connectivity index (χ4v) is 5.73. The van der Waals surface area contributed by atoms with Gasteiger partial charge in [-0.15, -0.1) is 0 Å². The summed E-state index contributed by atoms with van der Waals surface area (Å²) in [6, 6.07) is 10.7. The lowest BCUT2D eigenvalue weighted by molar-refractivity contribution is -0.159. The van der Waals surface area contributed by atoms with Crippen molar-refractivity contribution in [2.24, 2.45) is 17.8 Å². The van der Waals surface area contributed by atoms with Gasteiger partial charge in [0.15, 0.2) is 6.61 Å². The summed E-state index contributed by atoms with van der Waals surface area (Å²) in [6.07, 6.45) is 2.71. The molecule has 0 amide bonds. The Bertz CT molecular complexity index is 1190. The lowest BCUT2D eigenvalue weighted by atomic mass is 9.75. The second-order valence-electron chi connectivity index (χ2n) is 9.97. The first kappa shape index (κ1) is 28.5. The molecule has 0 heterocycles. The molecule has 0 saturated heterocycles. The fraction of sp³-hybridized carbons (Fsp3) is 0.500. The highest BCUT2D eigenvalue weighted by Gasteiger charge is 2.33. The van der Waals surface area contributed by atoms with Crippen LogP contribution in [-0.2, 0) is 24.3 Å². The van der Waals surface area contributed by atoms with Crippen molar-refractivity contribution in [2.45, 2.75) is 64.9 Å². The predicted molar refractivity (Wildman–Crippen MR) is 141 cm³/mol. The molecule has 0 bridgehead atoms. The Morgan fingerprint density at radius 1 is 1.08 bits per heavy atom. The van der Waals surface area contributed by atoms with Crippen molar-refractivity contribution in [1.82, 2.24) is 0 Å². The van der Waals surface area contributed by atoms with Crippen LogP contribution in [0.1, 0.15) is 62.9 Å². The van der Waals surface area contributed by atoms with Gasteiger partial charge in [-0.1, -0.05) is 33.3 Å². The standard InChI is InChI=1S/C28H37NO7S/c1-6-34-22-11-9-21(10-12-22)29-37(32,33)23-13-8-20(5)25(16-23)28(31)35-17-27(30)36-26-15-19(4)7-14-24(26)18(2)3/h8-13,16,18-19,24,26,29H,6-7,14-15,17H2,1-5H3. The average Bonchev–Trinajstić information content (AvgIpc) is 2.84. The van der Waals surface area contributed by atoms with Crippen LogP contribution >= 0.6 is 0 Å². The average molecular weight is 532 g/mol. The zero-order valence-corrected chi connectivity index (χ0v) is 23.0. The van der Waals surface area contributed by atoms with Gasteiger partial charge in [0, 0.05) is 5.69 Å². The molecule has 9 heteroatoms. The number of carbonyl (C=O) groups excluding carboxylic acids is 2. The van der Waals surface area contributed by atoms with Crippen molar-refractivity contribution in [3.8, 4) is 5.75 Å². The number of benzene rings is 2. The van der Waals surface area contributed by atoms with Gasteiger partial charge in [0.05, 0.1) is 17.1 Å². The molecular weight excluding hydrogens is 494 g/mol. The minimum atomic E-state index is -3.97. The van der Waals surface area contributed by atoms with Crippen LogP contribution in [0.25, 0.3) is 0 Å². The lowest BCUT2D eigenvalue weighted by Crippen LogP contribution is -2.36. The third-order valence-electron chi connectivity index (χ3n) is 6.72. The molecule has 3 rings (SSSR count). The van der Waals surface area contributed by atoms with Gasteiger partial charge in [-0.05, 0) is 86.4 Å². The summed E-state index contributed by atoms with van der Waals surface area (Å²) < 4.78 is 44.6. The van der Waals surface area contributed by atoms with E-state index in [9.17, 15) is 18.0 Å². The van der Waals surface area contributed by atoms with Crippen LogP contribution in [0.4, 0.5) is 5.69 Å². The first-order chi connectivity index (χ1) is 17.5. The third-order valence-corrected chi connectivity index (χ3v) is 8.10. The summed E-state index contributed by atoms with van der Waals surface area (Å²) >= 11 is 0. The van der Waals surface area contributed by atoms with Crippen LogP contribution in [0.3, 0.4) is 0 Å². The normalized spacial score (nSPS) is 19.8.